The zero-order valence-electron chi connectivity index (χ0n) is 17.7. The van der Waals surface area contributed by atoms with E-state index < -0.39 is 7.26 Å². The Morgan fingerprint density at radius 1 is 0.793 bits per heavy atom. The molecule has 29 heavy (non-hydrogen) atoms. The normalized spacial score (nSPS) is 17.0. The van der Waals surface area contributed by atoms with Crippen molar-refractivity contribution in [2.75, 3.05) is 13.3 Å². The second-order valence-electron chi connectivity index (χ2n) is 8.82. The molecule has 0 aromatic heterocycles. The molecule has 0 spiro atoms. The van der Waals surface area contributed by atoms with Gasteiger partial charge in [0.15, 0.2) is 0 Å². The van der Waals surface area contributed by atoms with Gasteiger partial charge in [0.2, 0.25) is 5.90 Å². The molecule has 148 valence electrons. The van der Waals surface area contributed by atoms with Gasteiger partial charge < -0.3 is 4.74 Å². The van der Waals surface area contributed by atoms with Crippen LogP contribution in [0.4, 0.5) is 0 Å². The standard InChI is InChI=1S/C26H29NOP/c1-26(2,3)24-19-28-25(27-24)22-17-11-12-18-23(22)29(4,20-13-7-5-8-14-20)21-15-9-6-10-16-21/h5-18,24H,19H2,1-4H3/q+1. The molecule has 1 atom stereocenters. The Morgan fingerprint density at radius 2 is 1.31 bits per heavy atom. The summed E-state index contributed by atoms with van der Waals surface area (Å²) >= 11 is 0. The van der Waals surface area contributed by atoms with E-state index in [1.54, 1.807) is 0 Å². The molecule has 3 heteroatoms. The quantitative estimate of drug-likeness (QED) is 0.575. The predicted molar refractivity (Wildman–Crippen MR) is 127 cm³/mol. The monoisotopic (exact) mass is 402 g/mol. The molecule has 0 N–H and O–H groups in total. The van der Waals surface area contributed by atoms with Crippen molar-refractivity contribution in [1.29, 1.82) is 0 Å². The van der Waals surface area contributed by atoms with Crippen LogP contribution in [0, 0.1) is 5.41 Å². The molecule has 0 radical (unpaired) electrons. The van der Waals surface area contributed by atoms with Crippen LogP contribution < -0.4 is 15.9 Å². The Kier molecular flexibility index (Phi) is 5.32. The van der Waals surface area contributed by atoms with Crippen LogP contribution in [0.15, 0.2) is 89.9 Å². The van der Waals surface area contributed by atoms with Gasteiger partial charge in [0, 0.05) is 0 Å². The molecule has 0 bridgehead atoms. The van der Waals surface area contributed by atoms with Gasteiger partial charge in [-0.15, -0.1) is 0 Å². The Hall–Kier alpha value is -2.44. The molecule has 3 aromatic rings. The van der Waals surface area contributed by atoms with Crippen molar-refractivity contribution in [3.63, 3.8) is 0 Å². The van der Waals surface area contributed by atoms with Crippen molar-refractivity contribution in [3.05, 3.63) is 90.5 Å². The minimum Gasteiger partial charge on any atom is -0.475 e. The average Bonchev–Trinajstić information content (AvgIpc) is 3.25. The Balaban J connectivity index is 1.91. The van der Waals surface area contributed by atoms with Gasteiger partial charge in [-0.2, -0.15) is 0 Å². The third-order valence-corrected chi connectivity index (χ3v) is 9.83. The molecular weight excluding hydrogens is 373 g/mol. The van der Waals surface area contributed by atoms with E-state index in [0.717, 1.165) is 11.5 Å². The fourth-order valence-corrected chi connectivity index (χ4v) is 7.32. The third kappa shape index (κ3) is 3.74. The minimum atomic E-state index is -1.84. The lowest BCUT2D eigenvalue weighted by atomic mass is 9.88. The summed E-state index contributed by atoms with van der Waals surface area (Å²) in [5.74, 6) is 0.790. The van der Waals surface area contributed by atoms with E-state index in [1.807, 2.05) is 0 Å². The summed E-state index contributed by atoms with van der Waals surface area (Å²) in [5.41, 5.74) is 1.22. The van der Waals surface area contributed by atoms with Crippen molar-refractivity contribution in [3.8, 4) is 0 Å². The van der Waals surface area contributed by atoms with E-state index in [4.69, 9.17) is 9.73 Å². The highest BCUT2D eigenvalue weighted by Crippen LogP contribution is 2.52. The maximum Gasteiger partial charge on any atom is 0.220 e. The van der Waals surface area contributed by atoms with Gasteiger partial charge in [-0.3, -0.25) is 0 Å². The molecule has 3 aromatic carbocycles. The first-order valence-corrected chi connectivity index (χ1v) is 12.4. The minimum absolute atomic E-state index is 0.0913. The van der Waals surface area contributed by atoms with Crippen LogP contribution in [0.1, 0.15) is 26.3 Å². The van der Waals surface area contributed by atoms with E-state index in [-0.39, 0.29) is 11.5 Å². The van der Waals surface area contributed by atoms with Crippen LogP contribution in [-0.2, 0) is 4.74 Å². The number of benzene rings is 3. The molecular formula is C26H29NOP+. The Morgan fingerprint density at radius 3 is 1.83 bits per heavy atom. The Bertz CT molecular complexity index is 966. The first-order chi connectivity index (χ1) is 13.9. The highest BCUT2D eigenvalue weighted by molar-refractivity contribution is 7.95. The maximum atomic E-state index is 6.15. The summed E-state index contributed by atoms with van der Waals surface area (Å²) in [6.45, 7) is 9.74. The van der Waals surface area contributed by atoms with E-state index in [2.05, 4.69) is 112 Å². The first kappa shape index (κ1) is 19.9. The van der Waals surface area contributed by atoms with Crippen LogP contribution in [-0.4, -0.2) is 25.2 Å². The summed E-state index contributed by atoms with van der Waals surface area (Å²) < 4.78 is 6.15. The van der Waals surface area contributed by atoms with Crippen molar-refractivity contribution in [1.82, 2.24) is 0 Å². The SMILES string of the molecule is CC(C)(C)C1COC(c2ccccc2[P+](C)(c2ccccc2)c2ccccc2)=N1. The summed E-state index contributed by atoms with van der Waals surface area (Å²) in [6.07, 6.45) is 0. The predicted octanol–water partition coefficient (Wildman–Crippen LogP) is 4.80. The van der Waals surface area contributed by atoms with Crippen molar-refractivity contribution < 1.29 is 4.74 Å². The summed E-state index contributed by atoms with van der Waals surface area (Å²) in [5, 5.41) is 4.06. The topological polar surface area (TPSA) is 21.6 Å². The van der Waals surface area contributed by atoms with Crippen molar-refractivity contribution in [2.24, 2.45) is 10.4 Å². The number of hydrogen-bond acceptors (Lipinski definition) is 2. The van der Waals surface area contributed by atoms with Crippen LogP contribution in [0.2, 0.25) is 0 Å². The molecule has 1 heterocycles. The molecule has 1 aliphatic rings. The lowest BCUT2D eigenvalue weighted by Gasteiger charge is -2.25. The average molecular weight is 402 g/mol. The summed E-state index contributed by atoms with van der Waals surface area (Å²) in [4.78, 5) is 5.00. The van der Waals surface area contributed by atoms with E-state index in [1.165, 1.54) is 15.9 Å². The van der Waals surface area contributed by atoms with E-state index >= 15 is 0 Å². The van der Waals surface area contributed by atoms with Gasteiger partial charge in [-0.25, -0.2) is 4.99 Å². The van der Waals surface area contributed by atoms with E-state index in [0.29, 0.717) is 6.61 Å². The molecule has 0 amide bonds. The number of aliphatic imine (C=N–C) groups is 1. The zero-order valence-corrected chi connectivity index (χ0v) is 18.6. The number of rotatable bonds is 4. The molecule has 2 nitrogen and oxygen atoms in total. The smallest absolute Gasteiger partial charge is 0.220 e. The van der Waals surface area contributed by atoms with Gasteiger partial charge in [0.05, 0.1) is 18.3 Å². The van der Waals surface area contributed by atoms with Crippen molar-refractivity contribution in [2.45, 2.75) is 26.8 Å². The second-order valence-corrected chi connectivity index (χ2v) is 12.3. The fourth-order valence-electron chi connectivity index (χ4n) is 3.89. The van der Waals surface area contributed by atoms with Gasteiger partial charge in [-0.05, 0) is 41.8 Å². The molecule has 1 unspecified atom stereocenters. The number of ether oxygens (including phenoxy) is 1. The van der Waals surface area contributed by atoms with Crippen LogP contribution >= 0.6 is 7.26 Å². The van der Waals surface area contributed by atoms with E-state index in [9.17, 15) is 0 Å². The number of hydrogen-bond donors (Lipinski definition) is 0. The first-order valence-electron chi connectivity index (χ1n) is 10.2. The summed E-state index contributed by atoms with van der Waals surface area (Å²) in [7, 11) is -1.84. The second kappa shape index (κ2) is 7.76. The molecule has 0 saturated carbocycles. The highest BCUT2D eigenvalue weighted by atomic mass is 31.2. The molecule has 1 aliphatic heterocycles. The van der Waals surface area contributed by atoms with Gasteiger partial charge in [0.25, 0.3) is 0 Å². The van der Waals surface area contributed by atoms with Crippen LogP contribution in [0.25, 0.3) is 0 Å². The summed E-state index contributed by atoms with van der Waals surface area (Å²) in [6, 6.07) is 30.6. The van der Waals surface area contributed by atoms with Gasteiger partial charge in [-0.1, -0.05) is 69.3 Å². The zero-order chi connectivity index (χ0) is 20.5. The van der Waals surface area contributed by atoms with Crippen LogP contribution in [0.3, 0.4) is 0 Å². The van der Waals surface area contributed by atoms with Crippen LogP contribution in [0.5, 0.6) is 0 Å². The third-order valence-electron chi connectivity index (χ3n) is 5.81. The van der Waals surface area contributed by atoms with Gasteiger partial charge in [0.1, 0.15) is 29.8 Å². The van der Waals surface area contributed by atoms with Gasteiger partial charge >= 0.3 is 0 Å². The molecule has 0 aliphatic carbocycles. The largest absolute Gasteiger partial charge is 0.475 e. The maximum absolute atomic E-state index is 6.15. The highest BCUT2D eigenvalue weighted by Gasteiger charge is 2.43. The molecule has 4 rings (SSSR count). The Labute approximate surface area is 175 Å². The molecule has 0 saturated heterocycles. The van der Waals surface area contributed by atoms with Crippen molar-refractivity contribution >= 4 is 29.1 Å². The lowest BCUT2D eigenvalue weighted by molar-refractivity contribution is 0.236. The fraction of sp³-hybridized carbons (Fsp3) is 0.269. The number of nitrogens with zero attached hydrogens (tertiary/aromatic N) is 1. The lowest BCUT2D eigenvalue weighted by Crippen LogP contribution is -2.33. The molecule has 0 fully saturated rings.